The van der Waals surface area contributed by atoms with Gasteiger partial charge in [-0.2, -0.15) is 0 Å². The molecule has 1 N–H and O–H groups in total. The molecular weight excluding hydrogens is 266 g/mol. The van der Waals surface area contributed by atoms with Gasteiger partial charge in [0.2, 0.25) is 0 Å². The minimum absolute atomic E-state index is 0.170. The van der Waals surface area contributed by atoms with Gasteiger partial charge in [0.05, 0.1) is 16.8 Å². The molecule has 0 radical (unpaired) electrons. The average molecular weight is 282 g/mol. The van der Waals surface area contributed by atoms with E-state index in [1.54, 1.807) is 11.3 Å². The number of thiophene rings is 1. The molecule has 0 saturated heterocycles. The third-order valence-corrected chi connectivity index (χ3v) is 3.61. The van der Waals surface area contributed by atoms with Crippen LogP contribution in [0.1, 0.15) is 18.7 Å². The Bertz CT molecular complexity index is 510. The Morgan fingerprint density at radius 2 is 2.11 bits per heavy atom. The van der Waals surface area contributed by atoms with Crippen LogP contribution in [-0.2, 0) is 6.54 Å². The second-order valence-electron chi connectivity index (χ2n) is 4.25. The highest BCUT2D eigenvalue weighted by Crippen LogP contribution is 2.26. The largest absolute Gasteiger partial charge is 0.489 e. The predicted molar refractivity (Wildman–Crippen MR) is 78.9 cm³/mol. The SMILES string of the molecule is CC(C)Oc1ccccc1NCc1cc(Cl)cs1. The van der Waals surface area contributed by atoms with Gasteiger partial charge in [-0.1, -0.05) is 23.7 Å². The maximum atomic E-state index is 5.90. The summed E-state index contributed by atoms with van der Waals surface area (Å²) in [5, 5.41) is 6.11. The van der Waals surface area contributed by atoms with E-state index in [2.05, 4.69) is 5.32 Å². The maximum Gasteiger partial charge on any atom is 0.142 e. The number of halogens is 1. The van der Waals surface area contributed by atoms with Gasteiger partial charge >= 0.3 is 0 Å². The monoisotopic (exact) mass is 281 g/mol. The van der Waals surface area contributed by atoms with E-state index in [0.717, 1.165) is 23.0 Å². The number of rotatable bonds is 5. The summed E-state index contributed by atoms with van der Waals surface area (Å²) in [6, 6.07) is 9.95. The lowest BCUT2D eigenvalue weighted by molar-refractivity contribution is 0.243. The summed E-state index contributed by atoms with van der Waals surface area (Å²) in [7, 11) is 0. The van der Waals surface area contributed by atoms with Crippen molar-refractivity contribution in [2.45, 2.75) is 26.5 Å². The topological polar surface area (TPSA) is 21.3 Å². The van der Waals surface area contributed by atoms with Crippen molar-refractivity contribution >= 4 is 28.6 Å². The molecule has 0 bridgehead atoms. The quantitative estimate of drug-likeness (QED) is 0.850. The third-order valence-electron chi connectivity index (χ3n) is 2.32. The lowest BCUT2D eigenvalue weighted by atomic mass is 10.3. The van der Waals surface area contributed by atoms with Crippen LogP contribution in [0.25, 0.3) is 0 Å². The van der Waals surface area contributed by atoms with Crippen LogP contribution in [0.5, 0.6) is 5.75 Å². The molecule has 2 rings (SSSR count). The van der Waals surface area contributed by atoms with Crippen LogP contribution in [0.15, 0.2) is 35.7 Å². The lowest BCUT2D eigenvalue weighted by Gasteiger charge is -2.15. The second kappa shape index (κ2) is 6.12. The normalized spacial score (nSPS) is 10.7. The van der Waals surface area contributed by atoms with Gasteiger partial charge in [-0.25, -0.2) is 0 Å². The Hall–Kier alpha value is -1.19. The van der Waals surface area contributed by atoms with Crippen molar-refractivity contribution in [3.63, 3.8) is 0 Å². The van der Waals surface area contributed by atoms with Crippen molar-refractivity contribution in [1.29, 1.82) is 0 Å². The molecule has 0 aliphatic rings. The molecule has 0 saturated carbocycles. The number of benzene rings is 1. The first-order chi connectivity index (χ1) is 8.65. The van der Waals surface area contributed by atoms with E-state index in [-0.39, 0.29) is 6.10 Å². The van der Waals surface area contributed by atoms with Gasteiger partial charge in [0.15, 0.2) is 0 Å². The highest BCUT2D eigenvalue weighted by molar-refractivity contribution is 7.10. The molecular formula is C14H16ClNOS. The van der Waals surface area contributed by atoms with E-state index < -0.39 is 0 Å². The van der Waals surface area contributed by atoms with Crippen molar-refractivity contribution in [2.24, 2.45) is 0 Å². The van der Waals surface area contributed by atoms with Gasteiger partial charge in [0.25, 0.3) is 0 Å². The highest BCUT2D eigenvalue weighted by atomic mass is 35.5. The first-order valence-corrected chi connectivity index (χ1v) is 7.13. The molecule has 18 heavy (non-hydrogen) atoms. The summed E-state index contributed by atoms with van der Waals surface area (Å²) in [6.45, 7) is 4.81. The second-order valence-corrected chi connectivity index (χ2v) is 5.68. The van der Waals surface area contributed by atoms with Crippen LogP contribution >= 0.6 is 22.9 Å². The van der Waals surface area contributed by atoms with Crippen molar-refractivity contribution in [3.8, 4) is 5.75 Å². The molecule has 2 nitrogen and oxygen atoms in total. The van der Waals surface area contributed by atoms with Gasteiger partial charge in [-0.3, -0.25) is 0 Å². The van der Waals surface area contributed by atoms with Gasteiger partial charge in [0.1, 0.15) is 5.75 Å². The fourth-order valence-electron chi connectivity index (χ4n) is 1.60. The fraction of sp³-hybridized carbons (Fsp3) is 0.286. The van der Waals surface area contributed by atoms with Crippen LogP contribution in [0.4, 0.5) is 5.69 Å². The Morgan fingerprint density at radius 3 is 2.78 bits per heavy atom. The molecule has 0 unspecified atom stereocenters. The number of hydrogen-bond acceptors (Lipinski definition) is 3. The molecule has 1 heterocycles. The standard InChI is InChI=1S/C14H16ClNOS/c1-10(2)17-14-6-4-3-5-13(14)16-8-12-7-11(15)9-18-12/h3-7,9-10,16H,8H2,1-2H3. The lowest BCUT2D eigenvalue weighted by Crippen LogP contribution is -2.08. The van der Waals surface area contributed by atoms with Gasteiger partial charge < -0.3 is 10.1 Å². The smallest absolute Gasteiger partial charge is 0.142 e. The Balaban J connectivity index is 2.04. The van der Waals surface area contributed by atoms with E-state index in [1.165, 1.54) is 4.88 Å². The van der Waals surface area contributed by atoms with Crippen LogP contribution in [0.2, 0.25) is 5.02 Å². The van der Waals surface area contributed by atoms with Gasteiger partial charge in [-0.05, 0) is 32.0 Å². The molecule has 1 aromatic heterocycles. The minimum atomic E-state index is 0.170. The molecule has 0 spiro atoms. The molecule has 0 aliphatic heterocycles. The summed E-state index contributed by atoms with van der Waals surface area (Å²) < 4.78 is 5.75. The zero-order valence-electron chi connectivity index (χ0n) is 10.4. The number of anilines is 1. The van der Waals surface area contributed by atoms with Crippen LogP contribution in [0, 0.1) is 0 Å². The van der Waals surface area contributed by atoms with Crippen molar-refractivity contribution in [3.05, 3.63) is 45.6 Å². The third kappa shape index (κ3) is 3.65. The van der Waals surface area contributed by atoms with Crippen molar-refractivity contribution in [1.82, 2.24) is 0 Å². The molecule has 1 aromatic carbocycles. The number of nitrogens with one attached hydrogen (secondary N) is 1. The Labute approximate surface area is 117 Å². The van der Waals surface area contributed by atoms with Crippen LogP contribution in [-0.4, -0.2) is 6.10 Å². The molecule has 0 atom stereocenters. The molecule has 96 valence electrons. The molecule has 0 aliphatic carbocycles. The summed E-state index contributed by atoms with van der Waals surface area (Å²) in [5.41, 5.74) is 1.01. The average Bonchev–Trinajstić information content (AvgIpc) is 2.73. The summed E-state index contributed by atoms with van der Waals surface area (Å²) in [4.78, 5) is 1.21. The fourth-order valence-corrected chi connectivity index (χ4v) is 2.61. The van der Waals surface area contributed by atoms with Crippen LogP contribution < -0.4 is 10.1 Å². The van der Waals surface area contributed by atoms with Gasteiger partial charge in [-0.15, -0.1) is 11.3 Å². The van der Waals surface area contributed by atoms with E-state index in [1.807, 2.05) is 49.6 Å². The summed E-state index contributed by atoms with van der Waals surface area (Å²) in [5.74, 6) is 0.884. The predicted octanol–water partition coefficient (Wildman–Crippen LogP) is 4.80. The highest BCUT2D eigenvalue weighted by Gasteiger charge is 2.05. The molecule has 0 amide bonds. The van der Waals surface area contributed by atoms with E-state index in [4.69, 9.17) is 16.3 Å². The van der Waals surface area contributed by atoms with Crippen molar-refractivity contribution < 1.29 is 4.74 Å². The number of ether oxygens (including phenoxy) is 1. The number of hydrogen-bond donors (Lipinski definition) is 1. The Kier molecular flexibility index (Phi) is 4.50. The molecule has 0 fully saturated rings. The minimum Gasteiger partial charge on any atom is -0.489 e. The van der Waals surface area contributed by atoms with Crippen LogP contribution in [0.3, 0.4) is 0 Å². The van der Waals surface area contributed by atoms with E-state index in [0.29, 0.717) is 0 Å². The molecule has 2 aromatic rings. The zero-order valence-corrected chi connectivity index (χ0v) is 12.0. The molecule has 4 heteroatoms. The Morgan fingerprint density at radius 1 is 1.33 bits per heavy atom. The van der Waals surface area contributed by atoms with E-state index in [9.17, 15) is 0 Å². The first kappa shape index (κ1) is 13.2. The van der Waals surface area contributed by atoms with E-state index >= 15 is 0 Å². The summed E-state index contributed by atoms with van der Waals surface area (Å²) >= 11 is 7.55. The number of para-hydroxylation sites is 2. The first-order valence-electron chi connectivity index (χ1n) is 5.87. The zero-order chi connectivity index (χ0) is 13.0. The summed E-state index contributed by atoms with van der Waals surface area (Å²) in [6.07, 6.45) is 0.170. The van der Waals surface area contributed by atoms with Crippen molar-refractivity contribution in [2.75, 3.05) is 5.32 Å². The van der Waals surface area contributed by atoms with Gasteiger partial charge in [0, 0.05) is 16.8 Å². The maximum absolute atomic E-state index is 5.90.